The second kappa shape index (κ2) is 7.45. The maximum Gasteiger partial charge on any atom is 0.144 e. The molecule has 1 fully saturated rings. The van der Waals surface area contributed by atoms with Crippen LogP contribution in [0.2, 0.25) is 5.02 Å². The summed E-state index contributed by atoms with van der Waals surface area (Å²) in [6.07, 6.45) is 3.82. The third kappa shape index (κ3) is 4.22. The first-order valence-corrected chi connectivity index (χ1v) is 8.21. The summed E-state index contributed by atoms with van der Waals surface area (Å²) in [5.41, 5.74) is 1.90. The Bertz CT molecular complexity index is 685. The van der Waals surface area contributed by atoms with Crippen molar-refractivity contribution >= 4 is 17.4 Å². The van der Waals surface area contributed by atoms with Crippen LogP contribution in [0.4, 0.5) is 5.82 Å². The van der Waals surface area contributed by atoms with Gasteiger partial charge in [-0.05, 0) is 42.7 Å². The molecule has 118 valence electrons. The second-order valence-electron chi connectivity index (χ2n) is 5.83. The number of pyridine rings is 1. The lowest BCUT2D eigenvalue weighted by molar-refractivity contribution is 0.211. The molecule has 2 aromatic rings. The molecule has 1 N–H and O–H groups in total. The van der Waals surface area contributed by atoms with Crippen molar-refractivity contribution in [1.82, 2.24) is 9.88 Å². The molecule has 4 nitrogen and oxygen atoms in total. The zero-order chi connectivity index (χ0) is 16.1. The van der Waals surface area contributed by atoms with Crippen LogP contribution in [0, 0.1) is 11.3 Å². The Balaban J connectivity index is 1.52. The maximum atomic E-state index is 9.13. The Morgan fingerprint density at radius 1 is 1.22 bits per heavy atom. The molecule has 0 amide bonds. The molecule has 5 heteroatoms. The van der Waals surface area contributed by atoms with E-state index in [1.807, 2.05) is 12.1 Å². The smallest absolute Gasteiger partial charge is 0.144 e. The van der Waals surface area contributed by atoms with Crippen molar-refractivity contribution in [2.75, 3.05) is 18.4 Å². The van der Waals surface area contributed by atoms with Gasteiger partial charge in [0.05, 0.1) is 5.56 Å². The number of anilines is 1. The molecule has 1 aromatic carbocycles. The summed E-state index contributed by atoms with van der Waals surface area (Å²) in [7, 11) is 0. The van der Waals surface area contributed by atoms with Crippen LogP contribution in [0.3, 0.4) is 0 Å². The van der Waals surface area contributed by atoms with Crippen molar-refractivity contribution in [2.24, 2.45) is 0 Å². The Morgan fingerprint density at radius 3 is 2.65 bits per heavy atom. The van der Waals surface area contributed by atoms with Crippen molar-refractivity contribution < 1.29 is 0 Å². The molecule has 3 rings (SSSR count). The highest BCUT2D eigenvalue weighted by Crippen LogP contribution is 2.19. The van der Waals surface area contributed by atoms with Crippen LogP contribution in [0.5, 0.6) is 0 Å². The predicted octanol–water partition coefficient (Wildman–Crippen LogP) is 3.68. The number of nitrogens with one attached hydrogen (secondary N) is 1. The summed E-state index contributed by atoms with van der Waals surface area (Å²) in [6, 6.07) is 14.2. The fraction of sp³-hybridized carbons (Fsp3) is 0.333. The average Bonchev–Trinajstić information content (AvgIpc) is 2.59. The number of benzene rings is 1. The van der Waals surface area contributed by atoms with Gasteiger partial charge in [-0.1, -0.05) is 23.7 Å². The first-order chi connectivity index (χ1) is 11.2. The topological polar surface area (TPSA) is 52.0 Å². The van der Waals surface area contributed by atoms with Gasteiger partial charge >= 0.3 is 0 Å². The molecule has 1 aliphatic rings. The summed E-state index contributed by atoms with van der Waals surface area (Å²) in [5, 5.41) is 13.3. The van der Waals surface area contributed by atoms with Gasteiger partial charge in [0.25, 0.3) is 0 Å². The van der Waals surface area contributed by atoms with E-state index in [1.54, 1.807) is 18.3 Å². The zero-order valence-corrected chi connectivity index (χ0v) is 13.6. The Morgan fingerprint density at radius 2 is 1.96 bits per heavy atom. The summed E-state index contributed by atoms with van der Waals surface area (Å²) in [4.78, 5) is 6.73. The molecule has 1 aromatic heterocycles. The van der Waals surface area contributed by atoms with E-state index >= 15 is 0 Å². The molecule has 23 heavy (non-hydrogen) atoms. The van der Waals surface area contributed by atoms with E-state index < -0.39 is 0 Å². The van der Waals surface area contributed by atoms with Crippen LogP contribution in [-0.4, -0.2) is 29.0 Å². The molecule has 0 bridgehead atoms. The number of hydrogen-bond donors (Lipinski definition) is 1. The number of piperidine rings is 1. The summed E-state index contributed by atoms with van der Waals surface area (Å²) < 4.78 is 0. The number of rotatable bonds is 4. The van der Waals surface area contributed by atoms with Gasteiger partial charge in [-0.15, -0.1) is 0 Å². The average molecular weight is 327 g/mol. The maximum absolute atomic E-state index is 9.13. The zero-order valence-electron chi connectivity index (χ0n) is 12.9. The normalized spacial score (nSPS) is 16.0. The minimum absolute atomic E-state index is 0.374. The largest absolute Gasteiger partial charge is 0.366 e. The van der Waals surface area contributed by atoms with Gasteiger partial charge in [0.1, 0.15) is 11.9 Å². The number of hydrogen-bond acceptors (Lipinski definition) is 4. The summed E-state index contributed by atoms with van der Waals surface area (Å²) in [5.74, 6) is 0.700. The van der Waals surface area contributed by atoms with E-state index in [1.165, 1.54) is 5.56 Å². The highest BCUT2D eigenvalue weighted by Gasteiger charge is 2.20. The predicted molar refractivity (Wildman–Crippen MR) is 92.3 cm³/mol. The third-order valence-electron chi connectivity index (χ3n) is 4.18. The van der Waals surface area contributed by atoms with Gasteiger partial charge in [-0.25, -0.2) is 4.98 Å². The van der Waals surface area contributed by atoms with Gasteiger partial charge in [0.15, 0.2) is 0 Å². The van der Waals surface area contributed by atoms with E-state index in [-0.39, 0.29) is 0 Å². The standard InChI is InChI=1S/C18H19ClN4/c19-16-5-3-14(4-6-16)13-23-10-7-17(8-11-23)22-18-15(12-20)2-1-9-21-18/h1-6,9,17H,7-8,10-11,13H2,(H,21,22). The molecule has 2 heterocycles. The van der Waals surface area contributed by atoms with E-state index in [0.29, 0.717) is 17.4 Å². The molecular weight excluding hydrogens is 308 g/mol. The van der Waals surface area contributed by atoms with Crippen LogP contribution in [0.25, 0.3) is 0 Å². The van der Waals surface area contributed by atoms with Crippen molar-refractivity contribution in [2.45, 2.75) is 25.4 Å². The minimum atomic E-state index is 0.374. The van der Waals surface area contributed by atoms with E-state index in [9.17, 15) is 0 Å². The lowest BCUT2D eigenvalue weighted by Crippen LogP contribution is -2.38. The number of aromatic nitrogens is 1. The molecule has 0 aliphatic carbocycles. The van der Waals surface area contributed by atoms with Crippen molar-refractivity contribution in [3.63, 3.8) is 0 Å². The Kier molecular flexibility index (Phi) is 5.12. The molecule has 1 saturated heterocycles. The van der Waals surface area contributed by atoms with Crippen LogP contribution < -0.4 is 5.32 Å². The van der Waals surface area contributed by atoms with Crippen LogP contribution in [0.15, 0.2) is 42.6 Å². The van der Waals surface area contributed by atoms with Crippen molar-refractivity contribution in [1.29, 1.82) is 5.26 Å². The van der Waals surface area contributed by atoms with Crippen LogP contribution in [0.1, 0.15) is 24.0 Å². The van der Waals surface area contributed by atoms with Crippen LogP contribution >= 0.6 is 11.6 Å². The van der Waals surface area contributed by atoms with E-state index in [4.69, 9.17) is 16.9 Å². The first kappa shape index (κ1) is 15.8. The molecule has 0 atom stereocenters. The van der Waals surface area contributed by atoms with E-state index in [2.05, 4.69) is 33.4 Å². The fourth-order valence-electron chi connectivity index (χ4n) is 2.89. The first-order valence-electron chi connectivity index (χ1n) is 7.83. The molecule has 0 unspecified atom stereocenters. The highest BCUT2D eigenvalue weighted by atomic mass is 35.5. The lowest BCUT2D eigenvalue weighted by Gasteiger charge is -2.32. The van der Waals surface area contributed by atoms with Crippen molar-refractivity contribution in [3.8, 4) is 6.07 Å². The second-order valence-corrected chi connectivity index (χ2v) is 6.27. The Hall–Kier alpha value is -2.09. The summed E-state index contributed by atoms with van der Waals surface area (Å²) in [6.45, 7) is 3.03. The minimum Gasteiger partial charge on any atom is -0.366 e. The number of nitriles is 1. The number of likely N-dealkylation sites (tertiary alicyclic amines) is 1. The SMILES string of the molecule is N#Cc1cccnc1NC1CCN(Cc2ccc(Cl)cc2)CC1. The van der Waals surface area contributed by atoms with Gasteiger partial charge < -0.3 is 5.32 Å². The van der Waals surface area contributed by atoms with Gasteiger partial charge in [-0.2, -0.15) is 5.26 Å². The van der Waals surface area contributed by atoms with Gasteiger partial charge in [0, 0.05) is 36.9 Å². The quantitative estimate of drug-likeness (QED) is 0.931. The van der Waals surface area contributed by atoms with E-state index in [0.717, 1.165) is 37.5 Å². The van der Waals surface area contributed by atoms with Gasteiger partial charge in [-0.3, -0.25) is 4.90 Å². The molecule has 0 saturated carbocycles. The Labute approximate surface area is 141 Å². The highest BCUT2D eigenvalue weighted by molar-refractivity contribution is 6.30. The molecule has 0 radical (unpaired) electrons. The molecule has 0 spiro atoms. The molecule has 1 aliphatic heterocycles. The third-order valence-corrected chi connectivity index (χ3v) is 4.43. The lowest BCUT2D eigenvalue weighted by atomic mass is 10.0. The monoisotopic (exact) mass is 326 g/mol. The van der Waals surface area contributed by atoms with Crippen molar-refractivity contribution in [3.05, 3.63) is 58.7 Å². The van der Waals surface area contributed by atoms with Gasteiger partial charge in [0.2, 0.25) is 0 Å². The number of halogens is 1. The van der Waals surface area contributed by atoms with Crippen LogP contribution in [-0.2, 0) is 6.54 Å². The summed E-state index contributed by atoms with van der Waals surface area (Å²) >= 11 is 5.92. The number of nitrogens with zero attached hydrogens (tertiary/aromatic N) is 3. The molecular formula is C18H19ClN4. The fourth-order valence-corrected chi connectivity index (χ4v) is 3.01.